The van der Waals surface area contributed by atoms with E-state index in [-0.39, 0.29) is 49.7 Å². The van der Waals surface area contributed by atoms with Crippen molar-refractivity contribution in [1.29, 1.82) is 0 Å². The summed E-state index contributed by atoms with van der Waals surface area (Å²) in [6.45, 7) is 0. The second-order valence-electron chi connectivity index (χ2n) is 0.733. The molecule has 0 rings (SSSR count). The predicted octanol–water partition coefficient (Wildman–Crippen LogP) is -9.48. The Labute approximate surface area is 78.7 Å². The molecule has 56 valence electrons. The second-order valence-corrected chi connectivity index (χ2v) is 2.20. The zero-order valence-electron chi connectivity index (χ0n) is 4.38. The van der Waals surface area contributed by atoms with Gasteiger partial charge in [-0.15, -0.1) is 0 Å². The Morgan fingerprint density at radius 1 is 1.11 bits per heavy atom. The van der Waals surface area contributed by atoms with Gasteiger partial charge in [-0.1, -0.05) is 0 Å². The fraction of sp³-hybridized carbons (Fsp3) is 1.00. The van der Waals surface area contributed by atoms with Gasteiger partial charge in [0.1, 0.15) is 0 Å². The smallest absolute Gasteiger partial charge is 1.00 e. The van der Waals surface area contributed by atoms with Crippen LogP contribution in [0.5, 0.6) is 0 Å². The van der Waals surface area contributed by atoms with Gasteiger partial charge in [0.2, 0.25) is 0 Å². The maximum absolute atomic E-state index is 9.19. The average molecular weight is 292 g/mol. The Bertz CT molecular complexity index is 102. The molecular weight excluding hydrogens is 288 g/mol. The van der Waals surface area contributed by atoms with Crippen LogP contribution in [0.4, 0.5) is 0 Å². The number of hydrogen-bond acceptors (Lipinski definition) is 2. The SMILES string of the molecule is CS(=O)(=O)O.[F-].[F-].[F-].[La+3]. The van der Waals surface area contributed by atoms with E-state index in [1.807, 2.05) is 0 Å². The summed E-state index contributed by atoms with van der Waals surface area (Å²) in [5.41, 5.74) is 0. The first-order valence-corrected chi connectivity index (χ1v) is 2.77. The van der Waals surface area contributed by atoms with Gasteiger partial charge >= 0.3 is 35.6 Å². The van der Waals surface area contributed by atoms with Gasteiger partial charge in [-0.3, -0.25) is 4.55 Å². The molecule has 0 spiro atoms. The van der Waals surface area contributed by atoms with E-state index in [1.54, 1.807) is 0 Å². The van der Waals surface area contributed by atoms with Crippen LogP contribution in [0.1, 0.15) is 0 Å². The summed E-state index contributed by atoms with van der Waals surface area (Å²) >= 11 is 0. The van der Waals surface area contributed by atoms with Gasteiger partial charge in [0, 0.05) is 0 Å². The molecule has 0 atom stereocenters. The normalized spacial score (nSPS) is 6.44. The molecule has 0 fully saturated rings. The van der Waals surface area contributed by atoms with Crippen LogP contribution in [0.25, 0.3) is 0 Å². The van der Waals surface area contributed by atoms with Gasteiger partial charge in [0.05, 0.1) is 6.26 Å². The summed E-state index contributed by atoms with van der Waals surface area (Å²) in [5.74, 6) is 0. The molecule has 0 aromatic rings. The fourth-order valence-corrected chi connectivity index (χ4v) is 0. The summed E-state index contributed by atoms with van der Waals surface area (Å²) in [4.78, 5) is 0. The molecule has 0 aliphatic heterocycles. The van der Waals surface area contributed by atoms with Crippen molar-refractivity contribution in [2.24, 2.45) is 0 Å². The first-order chi connectivity index (χ1) is 2.00. The molecule has 0 aliphatic rings. The summed E-state index contributed by atoms with van der Waals surface area (Å²) in [5, 5.41) is 0. The van der Waals surface area contributed by atoms with Crippen LogP contribution in [-0.4, -0.2) is 19.2 Å². The molecule has 0 amide bonds. The molecule has 0 saturated heterocycles. The third kappa shape index (κ3) is 528. The average Bonchev–Trinajstić information content (AvgIpc) is 0.722. The minimum absolute atomic E-state index is 0. The molecule has 0 saturated carbocycles. The molecule has 8 heteroatoms. The van der Waals surface area contributed by atoms with Crippen LogP contribution in [0, 0.1) is 35.6 Å². The van der Waals surface area contributed by atoms with Crippen LogP contribution in [0.2, 0.25) is 0 Å². The van der Waals surface area contributed by atoms with E-state index < -0.39 is 10.1 Å². The van der Waals surface area contributed by atoms with Crippen molar-refractivity contribution < 1.29 is 62.7 Å². The summed E-state index contributed by atoms with van der Waals surface area (Å²) in [7, 11) is -3.67. The van der Waals surface area contributed by atoms with Crippen LogP contribution < -0.4 is 14.1 Å². The molecule has 0 radical (unpaired) electrons. The largest absolute Gasteiger partial charge is 3.00 e. The van der Waals surface area contributed by atoms with Gasteiger partial charge in [0.25, 0.3) is 10.1 Å². The minimum Gasteiger partial charge on any atom is -1.00 e. The van der Waals surface area contributed by atoms with E-state index in [0.717, 1.165) is 0 Å². The van der Waals surface area contributed by atoms with Crippen molar-refractivity contribution in [2.75, 3.05) is 6.26 Å². The van der Waals surface area contributed by atoms with E-state index in [0.29, 0.717) is 6.26 Å². The molecule has 0 unspecified atom stereocenters. The molecule has 1 N–H and O–H groups in total. The van der Waals surface area contributed by atoms with E-state index in [4.69, 9.17) is 4.55 Å². The van der Waals surface area contributed by atoms with E-state index in [1.165, 1.54) is 0 Å². The maximum Gasteiger partial charge on any atom is 3.00 e. The number of hydrogen-bond donors (Lipinski definition) is 1. The van der Waals surface area contributed by atoms with Crippen molar-refractivity contribution >= 4 is 10.1 Å². The zero-order valence-corrected chi connectivity index (χ0v) is 8.83. The molecule has 9 heavy (non-hydrogen) atoms. The van der Waals surface area contributed by atoms with Crippen LogP contribution in [0.3, 0.4) is 0 Å². The third-order valence-electron chi connectivity index (χ3n) is 0. The first-order valence-electron chi connectivity index (χ1n) is 0.924. The minimum atomic E-state index is -3.67. The Kier molecular flexibility index (Phi) is 42.3. The Hall–Kier alpha value is 0.895. The second kappa shape index (κ2) is 11.7. The Balaban J connectivity index is -0.0000000133. The van der Waals surface area contributed by atoms with Gasteiger partial charge in [-0.05, 0) is 0 Å². The van der Waals surface area contributed by atoms with Crippen molar-refractivity contribution in [3.63, 3.8) is 0 Å². The topological polar surface area (TPSA) is 54.4 Å². The van der Waals surface area contributed by atoms with Crippen molar-refractivity contribution in [3.05, 3.63) is 0 Å². The van der Waals surface area contributed by atoms with Gasteiger partial charge in [-0.25, -0.2) is 0 Å². The Morgan fingerprint density at radius 2 is 1.11 bits per heavy atom. The van der Waals surface area contributed by atoms with Crippen LogP contribution in [-0.2, 0) is 10.1 Å². The quantitative estimate of drug-likeness (QED) is 0.451. The first kappa shape index (κ1) is 32.7. The van der Waals surface area contributed by atoms with Crippen LogP contribution in [0.15, 0.2) is 0 Å². The van der Waals surface area contributed by atoms with Gasteiger partial charge in [-0.2, -0.15) is 8.42 Å². The fourth-order valence-electron chi connectivity index (χ4n) is 0. The third-order valence-corrected chi connectivity index (χ3v) is 0. The number of halogens is 3. The molecule has 0 aromatic carbocycles. The number of rotatable bonds is 0. The predicted molar refractivity (Wildman–Crippen MR) is 17.5 cm³/mol. The van der Waals surface area contributed by atoms with E-state index in [2.05, 4.69) is 0 Å². The summed E-state index contributed by atoms with van der Waals surface area (Å²) in [6, 6.07) is 0. The summed E-state index contributed by atoms with van der Waals surface area (Å²) < 4.78 is 25.9. The molecule has 0 aliphatic carbocycles. The monoisotopic (exact) mass is 292 g/mol. The maximum atomic E-state index is 9.19. The Morgan fingerprint density at radius 3 is 1.11 bits per heavy atom. The zero-order chi connectivity index (χ0) is 4.50. The van der Waals surface area contributed by atoms with Crippen molar-refractivity contribution in [1.82, 2.24) is 0 Å². The van der Waals surface area contributed by atoms with Crippen molar-refractivity contribution in [3.8, 4) is 0 Å². The van der Waals surface area contributed by atoms with Crippen molar-refractivity contribution in [2.45, 2.75) is 0 Å². The van der Waals surface area contributed by atoms with Gasteiger partial charge < -0.3 is 14.1 Å². The van der Waals surface area contributed by atoms with E-state index in [9.17, 15) is 8.42 Å². The molecule has 3 nitrogen and oxygen atoms in total. The molecule has 0 bridgehead atoms. The van der Waals surface area contributed by atoms with Gasteiger partial charge in [0.15, 0.2) is 0 Å². The van der Waals surface area contributed by atoms with Crippen LogP contribution >= 0.6 is 0 Å². The molecular formula is CH4F3LaO3S. The molecule has 0 heterocycles. The molecule has 0 aromatic heterocycles. The standard InChI is InChI=1S/CH4O3S.3FH.La/c1-5(2,3)4;;;;/h1H3,(H,2,3,4);3*1H;/q;;;;+3/p-3. The van der Waals surface area contributed by atoms with E-state index >= 15 is 0 Å². The summed E-state index contributed by atoms with van der Waals surface area (Å²) in [6.07, 6.45) is 0.715.